The molecule has 1 unspecified atom stereocenters. The molecule has 1 saturated heterocycles. The smallest absolute Gasteiger partial charge is 0.343 e. The second kappa shape index (κ2) is 1.80. The van der Waals surface area contributed by atoms with E-state index in [1.807, 2.05) is 0 Å². The van der Waals surface area contributed by atoms with Gasteiger partial charge in [-0.05, 0) is 0 Å². The van der Waals surface area contributed by atoms with E-state index < -0.39 is 19.2 Å². The number of esters is 1. The molecule has 0 saturated carbocycles. The van der Waals surface area contributed by atoms with Crippen molar-refractivity contribution in [1.29, 1.82) is 0 Å². The lowest BCUT2D eigenvalue weighted by Gasteiger charge is -2.24. The zero-order valence-electron chi connectivity index (χ0n) is 4.35. The summed E-state index contributed by atoms with van der Waals surface area (Å²) in [4.78, 5) is 26.8. The van der Waals surface area contributed by atoms with Crippen molar-refractivity contribution in [3.8, 4) is 0 Å². The number of rotatable bonds is 1. The summed E-state index contributed by atoms with van der Waals surface area (Å²) in [5, 5.41) is 0. The summed E-state index contributed by atoms with van der Waals surface area (Å²) in [5.74, 6) is -0.802. The molecular formula is C3H5O5P. The van der Waals surface area contributed by atoms with Crippen LogP contribution in [0.3, 0.4) is 0 Å². The fourth-order valence-corrected chi connectivity index (χ4v) is 1.08. The average Bonchev–Trinajstić information content (AvgIpc) is 1.57. The molecule has 1 aliphatic rings. The fourth-order valence-electron chi connectivity index (χ4n) is 0.460. The maximum Gasteiger partial charge on any atom is 0.343 e. The predicted octanol–water partition coefficient (Wildman–Crippen LogP) is -0.911. The largest absolute Gasteiger partial charge is 0.463 e. The summed E-state index contributed by atoms with van der Waals surface area (Å²) in [6.07, 6.45) is 0. The molecule has 0 amide bonds. The molecule has 0 radical (unpaired) electrons. The highest BCUT2D eigenvalue weighted by Crippen LogP contribution is 2.45. The lowest BCUT2D eigenvalue weighted by molar-refractivity contribution is -0.157. The molecule has 0 spiro atoms. The second-order valence-electron chi connectivity index (χ2n) is 1.73. The van der Waals surface area contributed by atoms with E-state index in [9.17, 15) is 9.36 Å². The van der Waals surface area contributed by atoms with Crippen LogP contribution < -0.4 is 0 Å². The topological polar surface area (TPSA) is 83.8 Å². The molecule has 1 atom stereocenters. The molecule has 1 aliphatic heterocycles. The molecule has 6 heteroatoms. The molecule has 0 aromatic heterocycles. The lowest BCUT2D eigenvalue weighted by atomic mass is 10.4. The predicted molar refractivity (Wildman–Crippen MR) is 26.8 cm³/mol. The van der Waals surface area contributed by atoms with Crippen LogP contribution in [0.2, 0.25) is 0 Å². The third-order valence-corrected chi connectivity index (χ3v) is 2.23. The number of hydrogen-bond acceptors (Lipinski definition) is 3. The van der Waals surface area contributed by atoms with Crippen molar-refractivity contribution in [2.75, 3.05) is 6.61 Å². The number of carbonyl (C=O) groups is 1. The maximum absolute atomic E-state index is 10.2. The minimum absolute atomic E-state index is 0.150. The second-order valence-corrected chi connectivity index (χ2v) is 3.54. The van der Waals surface area contributed by atoms with Gasteiger partial charge in [-0.3, -0.25) is 9.36 Å². The summed E-state index contributed by atoms with van der Waals surface area (Å²) in [6, 6.07) is 0. The van der Waals surface area contributed by atoms with Crippen molar-refractivity contribution >= 4 is 13.6 Å². The number of ether oxygens (including phenoxy) is 1. The van der Waals surface area contributed by atoms with Gasteiger partial charge in [0.15, 0.2) is 5.66 Å². The summed E-state index contributed by atoms with van der Waals surface area (Å²) in [6.45, 7) is -0.150. The van der Waals surface area contributed by atoms with E-state index in [2.05, 4.69) is 4.74 Å². The van der Waals surface area contributed by atoms with Gasteiger partial charge in [0, 0.05) is 0 Å². The Balaban J connectivity index is 2.65. The molecule has 0 aromatic rings. The lowest BCUT2D eigenvalue weighted by Crippen LogP contribution is -2.39. The normalized spacial score (nSPS) is 26.9. The molecule has 1 fully saturated rings. The van der Waals surface area contributed by atoms with Crippen LogP contribution in [0, 0.1) is 0 Å². The van der Waals surface area contributed by atoms with Gasteiger partial charge in [-0.15, -0.1) is 0 Å². The molecule has 0 aromatic carbocycles. The van der Waals surface area contributed by atoms with Crippen LogP contribution in [0.1, 0.15) is 0 Å². The maximum atomic E-state index is 10.2. The molecule has 0 aliphatic carbocycles. The van der Waals surface area contributed by atoms with E-state index >= 15 is 0 Å². The van der Waals surface area contributed by atoms with Gasteiger partial charge in [-0.1, -0.05) is 0 Å². The van der Waals surface area contributed by atoms with Crippen molar-refractivity contribution in [3.63, 3.8) is 0 Å². The summed E-state index contributed by atoms with van der Waals surface area (Å²) in [7, 11) is -4.20. The molecule has 5 nitrogen and oxygen atoms in total. The van der Waals surface area contributed by atoms with Crippen LogP contribution in [-0.4, -0.2) is 28.0 Å². The minimum Gasteiger partial charge on any atom is -0.463 e. The number of cyclic esters (lactones) is 1. The molecule has 2 N–H and O–H groups in total. The zero-order chi connectivity index (χ0) is 7.07. The first-order valence-corrected chi connectivity index (χ1v) is 3.92. The van der Waals surface area contributed by atoms with E-state index in [0.29, 0.717) is 0 Å². The zero-order valence-corrected chi connectivity index (χ0v) is 5.25. The summed E-state index contributed by atoms with van der Waals surface area (Å²) in [5.41, 5.74) is -1.20. The monoisotopic (exact) mass is 152 g/mol. The Bertz CT molecular complexity index is 181. The summed E-state index contributed by atoms with van der Waals surface area (Å²) >= 11 is 0. The first-order chi connectivity index (χ1) is 4.02. The Kier molecular flexibility index (Phi) is 1.35. The van der Waals surface area contributed by atoms with Crippen molar-refractivity contribution in [2.45, 2.75) is 5.66 Å². The van der Waals surface area contributed by atoms with Crippen LogP contribution in [0.4, 0.5) is 0 Å². The van der Waals surface area contributed by atoms with Gasteiger partial charge in [0.1, 0.15) is 6.61 Å². The Labute approximate surface area is 50.8 Å². The summed E-state index contributed by atoms with van der Waals surface area (Å²) < 4.78 is 14.4. The molecule has 0 bridgehead atoms. The van der Waals surface area contributed by atoms with Crippen LogP contribution in [0.15, 0.2) is 0 Å². The molecule has 1 rings (SSSR count). The molecule has 9 heavy (non-hydrogen) atoms. The molecular weight excluding hydrogens is 147 g/mol. The van der Waals surface area contributed by atoms with Gasteiger partial charge >= 0.3 is 13.6 Å². The van der Waals surface area contributed by atoms with Crippen molar-refractivity contribution in [1.82, 2.24) is 0 Å². The third kappa shape index (κ3) is 1.13. The SMILES string of the molecule is O=C1OCC1P(=O)(O)O. The molecule has 1 heterocycles. The third-order valence-electron chi connectivity index (χ3n) is 1.06. The van der Waals surface area contributed by atoms with Gasteiger partial charge in [-0.2, -0.15) is 0 Å². The Morgan fingerprint density at radius 2 is 2.22 bits per heavy atom. The van der Waals surface area contributed by atoms with Crippen LogP contribution in [0.5, 0.6) is 0 Å². The Morgan fingerprint density at radius 3 is 2.22 bits per heavy atom. The highest BCUT2D eigenvalue weighted by Gasteiger charge is 2.44. The minimum atomic E-state index is -4.20. The van der Waals surface area contributed by atoms with Crippen LogP contribution >= 0.6 is 7.60 Å². The van der Waals surface area contributed by atoms with Gasteiger partial charge in [0.2, 0.25) is 0 Å². The first-order valence-electron chi connectivity index (χ1n) is 2.23. The highest BCUT2D eigenvalue weighted by molar-refractivity contribution is 7.53. The quantitative estimate of drug-likeness (QED) is 0.375. The van der Waals surface area contributed by atoms with Crippen molar-refractivity contribution in [2.24, 2.45) is 0 Å². The van der Waals surface area contributed by atoms with Crippen molar-refractivity contribution in [3.05, 3.63) is 0 Å². The van der Waals surface area contributed by atoms with Gasteiger partial charge in [-0.25, -0.2) is 0 Å². The van der Waals surface area contributed by atoms with Gasteiger partial charge in [0.25, 0.3) is 0 Å². The standard InChI is InChI=1S/C3H5O5P/c4-3-2(1-8-3)9(5,6)7/h2H,1H2,(H2,5,6,7). The Hall–Kier alpha value is -0.380. The highest BCUT2D eigenvalue weighted by atomic mass is 31.2. The number of hydrogen-bond donors (Lipinski definition) is 2. The van der Waals surface area contributed by atoms with Gasteiger partial charge in [0.05, 0.1) is 0 Å². The van der Waals surface area contributed by atoms with Crippen LogP contribution in [0.25, 0.3) is 0 Å². The fraction of sp³-hybridized carbons (Fsp3) is 0.667. The van der Waals surface area contributed by atoms with E-state index in [0.717, 1.165) is 0 Å². The number of carbonyl (C=O) groups excluding carboxylic acids is 1. The van der Waals surface area contributed by atoms with Crippen LogP contribution in [-0.2, 0) is 14.1 Å². The first kappa shape index (κ1) is 6.74. The van der Waals surface area contributed by atoms with E-state index in [1.165, 1.54) is 0 Å². The van der Waals surface area contributed by atoms with Gasteiger partial charge < -0.3 is 14.5 Å². The Morgan fingerprint density at radius 1 is 1.67 bits per heavy atom. The van der Waals surface area contributed by atoms with E-state index in [1.54, 1.807) is 0 Å². The molecule has 52 valence electrons. The van der Waals surface area contributed by atoms with E-state index in [-0.39, 0.29) is 6.61 Å². The van der Waals surface area contributed by atoms with Crippen molar-refractivity contribution < 1.29 is 23.9 Å². The van der Waals surface area contributed by atoms with E-state index in [4.69, 9.17) is 9.79 Å². The average molecular weight is 152 g/mol.